The van der Waals surface area contributed by atoms with Crippen LogP contribution in [0, 0.1) is 5.92 Å². The Balaban J connectivity index is 1.58. The van der Waals surface area contributed by atoms with Crippen LogP contribution in [0.3, 0.4) is 0 Å². The lowest BCUT2D eigenvalue weighted by molar-refractivity contribution is -0.123. The quantitative estimate of drug-likeness (QED) is 0.463. The Hall–Kier alpha value is -2.38. The van der Waals surface area contributed by atoms with Crippen LogP contribution in [-0.2, 0) is 24.3 Å². The number of carbonyl (C=O) groups excluding carboxylic acids is 1. The standard InChI is InChI=1S/C24H35N5OS/c1-3-26-24(28(2)13-11-22-10-6-14-31-22)27-16-19-7-4-8-20(15-19)17-29-12-5-9-21(18-29)23(25)30/h4,6-8,10,14-15,21H,3,5,9,11-13,16-18H2,1-2H3,(H2,25,30)(H,26,27). The number of benzene rings is 1. The highest BCUT2D eigenvalue weighted by Crippen LogP contribution is 2.19. The molecular weight excluding hydrogens is 406 g/mol. The van der Waals surface area contributed by atoms with Gasteiger partial charge in [-0.3, -0.25) is 9.69 Å². The van der Waals surface area contributed by atoms with Crippen LogP contribution in [0.25, 0.3) is 0 Å². The van der Waals surface area contributed by atoms with Crippen LogP contribution in [0.15, 0.2) is 46.8 Å². The van der Waals surface area contributed by atoms with Gasteiger partial charge < -0.3 is 16.0 Å². The molecule has 2 heterocycles. The van der Waals surface area contributed by atoms with Crippen LogP contribution in [0.2, 0.25) is 0 Å². The Morgan fingerprint density at radius 3 is 2.90 bits per heavy atom. The van der Waals surface area contributed by atoms with E-state index in [0.29, 0.717) is 6.54 Å². The number of hydrogen-bond acceptors (Lipinski definition) is 4. The summed E-state index contributed by atoms with van der Waals surface area (Å²) in [5.74, 6) is 0.741. The van der Waals surface area contributed by atoms with E-state index in [9.17, 15) is 4.79 Å². The van der Waals surface area contributed by atoms with Crippen molar-refractivity contribution in [2.75, 3.05) is 33.2 Å². The molecule has 0 spiro atoms. The minimum atomic E-state index is -0.174. The molecule has 1 aromatic carbocycles. The lowest BCUT2D eigenvalue weighted by atomic mass is 9.97. The average Bonchev–Trinajstić information content (AvgIpc) is 3.29. The third kappa shape index (κ3) is 7.36. The molecular formula is C24H35N5OS. The van der Waals surface area contributed by atoms with Crippen molar-refractivity contribution in [3.63, 3.8) is 0 Å². The van der Waals surface area contributed by atoms with Crippen molar-refractivity contribution in [3.05, 3.63) is 57.8 Å². The topological polar surface area (TPSA) is 74.0 Å². The molecule has 1 aromatic heterocycles. The summed E-state index contributed by atoms with van der Waals surface area (Å²) in [6.07, 6.45) is 2.96. The molecule has 3 rings (SSSR count). The predicted molar refractivity (Wildman–Crippen MR) is 129 cm³/mol. The van der Waals surface area contributed by atoms with Gasteiger partial charge in [0.15, 0.2) is 5.96 Å². The summed E-state index contributed by atoms with van der Waals surface area (Å²) in [7, 11) is 2.09. The number of aliphatic imine (C=N–C) groups is 1. The van der Waals surface area contributed by atoms with Crippen molar-refractivity contribution >= 4 is 23.2 Å². The number of rotatable bonds is 9. The van der Waals surface area contributed by atoms with Gasteiger partial charge in [0, 0.05) is 38.1 Å². The van der Waals surface area contributed by atoms with Gasteiger partial charge >= 0.3 is 0 Å². The molecule has 0 bridgehead atoms. The molecule has 168 valence electrons. The first-order chi connectivity index (χ1) is 15.0. The molecule has 0 radical (unpaired) electrons. The number of likely N-dealkylation sites (tertiary alicyclic amines) is 1. The van der Waals surface area contributed by atoms with Crippen molar-refractivity contribution < 1.29 is 4.79 Å². The average molecular weight is 442 g/mol. The van der Waals surface area contributed by atoms with Crippen LogP contribution in [0.5, 0.6) is 0 Å². The molecule has 1 amide bonds. The third-order valence-electron chi connectivity index (χ3n) is 5.69. The minimum Gasteiger partial charge on any atom is -0.369 e. The number of nitrogens with zero attached hydrogens (tertiary/aromatic N) is 3. The summed E-state index contributed by atoms with van der Waals surface area (Å²) in [4.78, 5) is 22.3. The van der Waals surface area contributed by atoms with Crippen molar-refractivity contribution in [1.82, 2.24) is 15.1 Å². The summed E-state index contributed by atoms with van der Waals surface area (Å²) in [5, 5.41) is 5.53. The number of nitrogens with one attached hydrogen (secondary N) is 1. The van der Waals surface area contributed by atoms with Crippen molar-refractivity contribution in [2.45, 2.75) is 39.3 Å². The van der Waals surface area contributed by atoms with Gasteiger partial charge in [-0.15, -0.1) is 11.3 Å². The van der Waals surface area contributed by atoms with Crippen LogP contribution in [-0.4, -0.2) is 54.9 Å². The maximum absolute atomic E-state index is 11.5. The number of amides is 1. The van der Waals surface area contributed by atoms with Gasteiger partial charge in [-0.2, -0.15) is 0 Å². The number of nitrogens with two attached hydrogens (primary N) is 1. The number of primary amides is 1. The Morgan fingerprint density at radius 1 is 1.32 bits per heavy atom. The molecule has 0 aliphatic carbocycles. The third-order valence-corrected chi connectivity index (χ3v) is 6.62. The lowest BCUT2D eigenvalue weighted by Gasteiger charge is -2.31. The van der Waals surface area contributed by atoms with E-state index in [-0.39, 0.29) is 11.8 Å². The first kappa shape index (κ1) is 23.3. The van der Waals surface area contributed by atoms with Crippen molar-refractivity contribution in [3.8, 4) is 0 Å². The number of hydrogen-bond donors (Lipinski definition) is 2. The van der Waals surface area contributed by atoms with E-state index in [1.807, 2.05) is 0 Å². The summed E-state index contributed by atoms with van der Waals surface area (Å²) in [6.45, 7) is 7.15. The SMILES string of the molecule is CCNC(=NCc1cccc(CN2CCCC(C(N)=O)C2)c1)N(C)CCc1cccs1. The zero-order chi connectivity index (χ0) is 22.1. The van der Waals surface area contributed by atoms with Gasteiger partial charge in [-0.25, -0.2) is 4.99 Å². The molecule has 6 nitrogen and oxygen atoms in total. The van der Waals surface area contributed by atoms with Crippen LogP contribution < -0.4 is 11.1 Å². The van der Waals surface area contributed by atoms with Gasteiger partial charge in [0.2, 0.25) is 5.91 Å². The fourth-order valence-electron chi connectivity index (χ4n) is 3.99. The molecule has 0 saturated carbocycles. The highest BCUT2D eigenvalue weighted by atomic mass is 32.1. The van der Waals surface area contributed by atoms with E-state index in [1.54, 1.807) is 11.3 Å². The molecule has 1 unspecified atom stereocenters. The zero-order valence-corrected chi connectivity index (χ0v) is 19.5. The predicted octanol–water partition coefficient (Wildman–Crippen LogP) is 3.09. The van der Waals surface area contributed by atoms with E-state index >= 15 is 0 Å². The van der Waals surface area contributed by atoms with E-state index in [1.165, 1.54) is 16.0 Å². The Bertz CT molecular complexity index is 851. The van der Waals surface area contributed by atoms with E-state index < -0.39 is 0 Å². The van der Waals surface area contributed by atoms with Crippen LogP contribution >= 0.6 is 11.3 Å². The van der Waals surface area contributed by atoms with Crippen LogP contribution in [0.1, 0.15) is 35.8 Å². The Morgan fingerprint density at radius 2 is 2.16 bits per heavy atom. The maximum Gasteiger partial charge on any atom is 0.221 e. The first-order valence-corrected chi connectivity index (χ1v) is 12.0. The second-order valence-electron chi connectivity index (χ2n) is 8.22. The van der Waals surface area contributed by atoms with Gasteiger partial charge in [0.25, 0.3) is 0 Å². The Labute approximate surface area is 190 Å². The number of guanidine groups is 1. The number of piperidine rings is 1. The molecule has 1 aliphatic rings. The number of likely N-dealkylation sites (N-methyl/N-ethyl adjacent to an activating group) is 1. The molecule has 7 heteroatoms. The zero-order valence-electron chi connectivity index (χ0n) is 18.7. The highest BCUT2D eigenvalue weighted by Gasteiger charge is 2.23. The summed E-state index contributed by atoms with van der Waals surface area (Å²) >= 11 is 1.80. The van der Waals surface area contributed by atoms with Crippen LogP contribution in [0.4, 0.5) is 0 Å². The molecule has 31 heavy (non-hydrogen) atoms. The summed E-state index contributed by atoms with van der Waals surface area (Å²) in [5.41, 5.74) is 7.98. The second kappa shape index (κ2) is 11.9. The first-order valence-electron chi connectivity index (χ1n) is 11.2. The van der Waals surface area contributed by atoms with E-state index in [0.717, 1.165) is 57.9 Å². The van der Waals surface area contributed by atoms with Gasteiger partial charge in [-0.05, 0) is 55.3 Å². The van der Waals surface area contributed by atoms with E-state index in [2.05, 4.69) is 70.9 Å². The van der Waals surface area contributed by atoms with E-state index in [4.69, 9.17) is 10.7 Å². The number of thiophene rings is 1. The molecule has 3 N–H and O–H groups in total. The van der Waals surface area contributed by atoms with Crippen molar-refractivity contribution in [2.24, 2.45) is 16.6 Å². The molecule has 1 saturated heterocycles. The maximum atomic E-state index is 11.5. The van der Waals surface area contributed by atoms with Crippen molar-refractivity contribution in [1.29, 1.82) is 0 Å². The second-order valence-corrected chi connectivity index (χ2v) is 9.25. The lowest BCUT2D eigenvalue weighted by Crippen LogP contribution is -2.40. The molecule has 1 fully saturated rings. The normalized spacial score (nSPS) is 17.5. The fourth-order valence-corrected chi connectivity index (χ4v) is 4.69. The minimum absolute atomic E-state index is 0.0195. The molecule has 1 atom stereocenters. The molecule has 1 aliphatic heterocycles. The monoisotopic (exact) mass is 441 g/mol. The molecule has 2 aromatic rings. The number of carbonyl (C=O) groups is 1. The summed E-state index contributed by atoms with van der Waals surface area (Å²) in [6, 6.07) is 12.9. The largest absolute Gasteiger partial charge is 0.369 e. The smallest absolute Gasteiger partial charge is 0.221 e. The van der Waals surface area contributed by atoms with Gasteiger partial charge in [0.05, 0.1) is 12.5 Å². The highest BCUT2D eigenvalue weighted by molar-refractivity contribution is 7.09. The van der Waals surface area contributed by atoms with Gasteiger partial charge in [-0.1, -0.05) is 30.3 Å². The summed E-state index contributed by atoms with van der Waals surface area (Å²) < 4.78 is 0. The Kier molecular flexibility index (Phi) is 8.91. The van der Waals surface area contributed by atoms with Gasteiger partial charge in [0.1, 0.15) is 0 Å². The fraction of sp³-hybridized carbons (Fsp3) is 0.500.